The smallest absolute Gasteiger partial charge is 0.249 e. The third-order valence-corrected chi connectivity index (χ3v) is 7.42. The topological polar surface area (TPSA) is 77.7 Å². The van der Waals surface area contributed by atoms with Gasteiger partial charge in [0.05, 0.1) is 22.0 Å². The third kappa shape index (κ3) is 5.11. The minimum atomic E-state index is -3.59. The molecule has 6 nitrogen and oxygen atoms in total. The van der Waals surface area contributed by atoms with Crippen molar-refractivity contribution < 1.29 is 17.9 Å². The number of halogens is 1. The van der Waals surface area contributed by atoms with Crippen LogP contribution in [-0.2, 0) is 21.2 Å². The predicted molar refractivity (Wildman–Crippen MR) is 120 cm³/mol. The number of fused-ring (bicyclic) bond motifs is 1. The lowest BCUT2D eigenvalue weighted by Gasteiger charge is -2.08. The van der Waals surface area contributed by atoms with Gasteiger partial charge in [-0.2, -0.15) is 4.99 Å². The Morgan fingerprint density at radius 2 is 1.90 bits per heavy atom. The molecule has 0 radical (unpaired) electrons. The van der Waals surface area contributed by atoms with Crippen LogP contribution >= 0.6 is 22.9 Å². The van der Waals surface area contributed by atoms with Gasteiger partial charge >= 0.3 is 0 Å². The van der Waals surface area contributed by atoms with E-state index in [2.05, 4.69) is 4.99 Å². The van der Waals surface area contributed by atoms with E-state index >= 15 is 0 Å². The molecule has 0 unspecified atom stereocenters. The van der Waals surface area contributed by atoms with E-state index in [1.807, 2.05) is 36.6 Å². The molecule has 0 N–H and O–H groups in total. The number of thiazole rings is 1. The van der Waals surface area contributed by atoms with E-state index in [0.29, 0.717) is 23.0 Å². The largest absolute Gasteiger partial charge is 0.492 e. The van der Waals surface area contributed by atoms with Crippen LogP contribution in [0.3, 0.4) is 0 Å². The maximum atomic E-state index is 12.5. The van der Waals surface area contributed by atoms with Crippen LogP contribution in [0.4, 0.5) is 0 Å². The summed E-state index contributed by atoms with van der Waals surface area (Å²) in [6, 6.07) is 11.7. The molecule has 30 heavy (non-hydrogen) atoms. The van der Waals surface area contributed by atoms with Gasteiger partial charge in [0.2, 0.25) is 5.91 Å². The summed E-state index contributed by atoms with van der Waals surface area (Å²) >= 11 is 7.21. The summed E-state index contributed by atoms with van der Waals surface area (Å²) in [4.78, 5) is 17.4. The summed E-state index contributed by atoms with van der Waals surface area (Å²) in [5.41, 5.74) is 0.909. The van der Waals surface area contributed by atoms with Gasteiger partial charge in [-0.3, -0.25) is 4.79 Å². The highest BCUT2D eigenvalue weighted by Gasteiger charge is 2.17. The van der Waals surface area contributed by atoms with E-state index in [4.69, 9.17) is 16.3 Å². The molecule has 3 rings (SSSR count). The molecule has 0 bridgehead atoms. The van der Waals surface area contributed by atoms with Crippen molar-refractivity contribution in [2.45, 2.75) is 38.1 Å². The lowest BCUT2D eigenvalue weighted by molar-refractivity contribution is -0.117. The highest BCUT2D eigenvalue weighted by Crippen LogP contribution is 2.28. The summed E-state index contributed by atoms with van der Waals surface area (Å²) in [6.45, 7) is 5.18. The molecule has 0 atom stereocenters. The Bertz CT molecular complexity index is 1210. The maximum Gasteiger partial charge on any atom is 0.249 e. The van der Waals surface area contributed by atoms with Crippen LogP contribution in [0, 0.1) is 0 Å². The van der Waals surface area contributed by atoms with Crippen molar-refractivity contribution in [2.24, 2.45) is 4.99 Å². The average Bonchev–Trinajstić information content (AvgIpc) is 3.05. The van der Waals surface area contributed by atoms with Crippen LogP contribution in [-0.4, -0.2) is 31.3 Å². The van der Waals surface area contributed by atoms with E-state index in [0.717, 1.165) is 22.4 Å². The number of amides is 1. The van der Waals surface area contributed by atoms with Gasteiger partial charge in [0.1, 0.15) is 11.3 Å². The van der Waals surface area contributed by atoms with Crippen LogP contribution in [0.15, 0.2) is 52.4 Å². The standard InChI is InChI=1S/C21H23ClN2O4S2/c1-3-13-24-20-17(28-4-2)6-5-7-18(20)29-21(24)23-19(25)12-14-30(26,27)16-10-8-15(22)9-11-16/h5-11H,3-4,12-14H2,1-2H3. The quantitative estimate of drug-likeness (QED) is 0.491. The summed E-state index contributed by atoms with van der Waals surface area (Å²) < 4.78 is 33.6. The number of carbonyl (C=O) groups excluding carboxylic acids is 1. The van der Waals surface area contributed by atoms with Gasteiger partial charge < -0.3 is 9.30 Å². The van der Waals surface area contributed by atoms with Crippen molar-refractivity contribution in [2.75, 3.05) is 12.4 Å². The predicted octanol–water partition coefficient (Wildman–Crippen LogP) is 4.46. The molecule has 0 spiro atoms. The normalized spacial score (nSPS) is 12.4. The molecule has 0 aliphatic rings. The Kier molecular flexibility index (Phi) is 7.33. The Morgan fingerprint density at radius 1 is 1.17 bits per heavy atom. The summed E-state index contributed by atoms with van der Waals surface area (Å²) in [5, 5.41) is 0.455. The number of hydrogen-bond acceptors (Lipinski definition) is 5. The Morgan fingerprint density at radius 3 is 2.57 bits per heavy atom. The van der Waals surface area contributed by atoms with Gasteiger partial charge in [0, 0.05) is 18.0 Å². The molecule has 1 amide bonds. The lowest BCUT2D eigenvalue weighted by atomic mass is 10.3. The first-order valence-electron chi connectivity index (χ1n) is 9.66. The van der Waals surface area contributed by atoms with Crippen LogP contribution < -0.4 is 9.54 Å². The van der Waals surface area contributed by atoms with E-state index in [-0.39, 0.29) is 17.1 Å². The minimum absolute atomic E-state index is 0.143. The van der Waals surface area contributed by atoms with Crippen molar-refractivity contribution in [1.82, 2.24) is 4.57 Å². The first-order chi connectivity index (χ1) is 14.4. The summed E-state index contributed by atoms with van der Waals surface area (Å²) in [5.74, 6) is -0.0272. The van der Waals surface area contributed by atoms with Crippen molar-refractivity contribution >= 4 is 48.9 Å². The van der Waals surface area contributed by atoms with Crippen molar-refractivity contribution in [3.05, 3.63) is 52.3 Å². The molecule has 0 aliphatic carbocycles. The van der Waals surface area contributed by atoms with Gasteiger partial charge in [-0.1, -0.05) is 35.9 Å². The maximum absolute atomic E-state index is 12.5. The highest BCUT2D eigenvalue weighted by atomic mass is 35.5. The molecule has 1 heterocycles. The SMILES string of the molecule is CCCn1c(=NC(=O)CCS(=O)(=O)c2ccc(Cl)cc2)sc2cccc(OCC)c21. The second-order valence-corrected chi connectivity index (χ2v) is 10.2. The van der Waals surface area contributed by atoms with Crippen LogP contribution in [0.1, 0.15) is 26.7 Å². The lowest BCUT2D eigenvalue weighted by Crippen LogP contribution is -2.18. The Balaban J connectivity index is 1.88. The number of aromatic nitrogens is 1. The number of hydrogen-bond donors (Lipinski definition) is 0. The number of rotatable bonds is 8. The Hall–Kier alpha value is -2.16. The van der Waals surface area contributed by atoms with E-state index in [1.165, 1.54) is 35.6 Å². The van der Waals surface area contributed by atoms with E-state index < -0.39 is 15.7 Å². The molecule has 0 saturated carbocycles. The monoisotopic (exact) mass is 466 g/mol. The fourth-order valence-corrected chi connectivity index (χ4v) is 5.48. The summed E-state index contributed by atoms with van der Waals surface area (Å²) in [7, 11) is -3.59. The fraction of sp³-hybridized carbons (Fsp3) is 0.333. The van der Waals surface area contributed by atoms with Crippen molar-refractivity contribution in [3.8, 4) is 5.75 Å². The fourth-order valence-electron chi connectivity index (χ4n) is 3.03. The number of ether oxygens (including phenoxy) is 1. The number of benzene rings is 2. The molecule has 9 heteroatoms. The van der Waals surface area contributed by atoms with Gasteiger partial charge in [-0.15, -0.1) is 0 Å². The number of nitrogens with zero attached hydrogens (tertiary/aromatic N) is 2. The second kappa shape index (κ2) is 9.76. The van der Waals surface area contributed by atoms with Gasteiger partial charge in [-0.25, -0.2) is 8.42 Å². The number of sulfone groups is 1. The Labute approximate surface area is 184 Å². The molecular weight excluding hydrogens is 444 g/mol. The van der Waals surface area contributed by atoms with Crippen molar-refractivity contribution in [3.63, 3.8) is 0 Å². The highest BCUT2D eigenvalue weighted by molar-refractivity contribution is 7.91. The molecule has 2 aromatic carbocycles. The molecular formula is C21H23ClN2O4S2. The molecule has 0 aliphatic heterocycles. The molecule has 3 aromatic rings. The van der Waals surface area contributed by atoms with Crippen LogP contribution in [0.2, 0.25) is 5.02 Å². The molecule has 0 saturated heterocycles. The average molecular weight is 467 g/mol. The number of para-hydroxylation sites is 1. The zero-order chi connectivity index (χ0) is 21.7. The summed E-state index contributed by atoms with van der Waals surface area (Å²) in [6.07, 6.45) is 0.669. The van der Waals surface area contributed by atoms with Crippen molar-refractivity contribution in [1.29, 1.82) is 0 Å². The number of aryl methyl sites for hydroxylation is 1. The van der Waals surface area contributed by atoms with Crippen LogP contribution in [0.5, 0.6) is 5.75 Å². The minimum Gasteiger partial charge on any atom is -0.492 e. The second-order valence-electron chi connectivity index (χ2n) is 6.60. The molecule has 0 fully saturated rings. The number of carbonyl (C=O) groups is 1. The first-order valence-corrected chi connectivity index (χ1v) is 12.5. The molecule has 1 aromatic heterocycles. The van der Waals surface area contributed by atoms with E-state index in [1.54, 1.807) is 0 Å². The third-order valence-electron chi connectivity index (χ3n) is 4.39. The van der Waals surface area contributed by atoms with Crippen LogP contribution in [0.25, 0.3) is 10.2 Å². The van der Waals surface area contributed by atoms with Gasteiger partial charge in [-0.05, 0) is 49.7 Å². The van der Waals surface area contributed by atoms with Gasteiger partial charge in [0.25, 0.3) is 0 Å². The molecule has 160 valence electrons. The zero-order valence-electron chi connectivity index (χ0n) is 16.8. The first kappa shape index (κ1) is 22.5. The zero-order valence-corrected chi connectivity index (χ0v) is 19.2. The van der Waals surface area contributed by atoms with Gasteiger partial charge in [0.15, 0.2) is 14.6 Å². The van der Waals surface area contributed by atoms with E-state index in [9.17, 15) is 13.2 Å².